The van der Waals surface area contributed by atoms with Crippen molar-refractivity contribution in [3.05, 3.63) is 210 Å². The average molecular weight is 995 g/mol. The van der Waals surface area contributed by atoms with Gasteiger partial charge in [-0.3, -0.25) is 0 Å². The largest absolute Gasteiger partial charge is 0.455 e. The highest BCUT2D eigenvalue weighted by Crippen LogP contribution is 2.53. The van der Waals surface area contributed by atoms with Crippen LogP contribution < -0.4 is 26.2 Å². The van der Waals surface area contributed by atoms with Gasteiger partial charge in [-0.2, -0.15) is 0 Å². The highest BCUT2D eigenvalue weighted by Gasteiger charge is 2.50. The molecular weight excluding hydrogens is 936 g/mol. The van der Waals surface area contributed by atoms with Gasteiger partial charge in [-0.15, -0.1) is 0 Å². The van der Waals surface area contributed by atoms with Crippen molar-refractivity contribution in [2.75, 3.05) is 9.80 Å². The molecule has 0 N–H and O–H groups in total. The van der Waals surface area contributed by atoms with Crippen molar-refractivity contribution in [3.63, 3.8) is 0 Å². The molecule has 0 saturated heterocycles. The predicted molar refractivity (Wildman–Crippen MR) is 327 cm³/mol. The summed E-state index contributed by atoms with van der Waals surface area (Å²) in [5.41, 5.74) is 29.2. The van der Waals surface area contributed by atoms with Crippen LogP contribution in [0.3, 0.4) is 0 Å². The van der Waals surface area contributed by atoms with Crippen LogP contribution in [0.2, 0.25) is 0 Å². The number of hydrogen-bond acceptors (Lipinski definition) is 4. The molecule has 0 bridgehead atoms. The molecule has 3 aliphatic rings. The van der Waals surface area contributed by atoms with Crippen LogP contribution in [0.5, 0.6) is 0 Å². The van der Waals surface area contributed by atoms with Crippen molar-refractivity contribution in [3.8, 4) is 44.5 Å². The van der Waals surface area contributed by atoms with E-state index in [9.17, 15) is 0 Å². The Bertz CT molecular complexity index is 4140. The summed E-state index contributed by atoms with van der Waals surface area (Å²) in [7, 11) is 0. The average Bonchev–Trinajstić information content (AvgIpc) is 4.16. The van der Waals surface area contributed by atoms with E-state index in [1.165, 1.54) is 83.6 Å². The molecule has 372 valence electrons. The zero-order chi connectivity index (χ0) is 52.1. The van der Waals surface area contributed by atoms with E-state index in [0.717, 1.165) is 77.5 Å². The molecule has 15 rings (SSSR count). The second kappa shape index (κ2) is 17.0. The lowest BCUT2D eigenvalue weighted by Gasteiger charge is -2.43. The van der Waals surface area contributed by atoms with Gasteiger partial charge in [-0.25, -0.2) is 0 Å². The zero-order valence-electron chi connectivity index (χ0n) is 45.0. The summed E-state index contributed by atoms with van der Waals surface area (Å²) in [6.45, 7) is 18.1. The van der Waals surface area contributed by atoms with Crippen LogP contribution in [0.15, 0.2) is 197 Å². The van der Waals surface area contributed by atoms with E-state index in [4.69, 9.17) is 8.83 Å². The van der Waals surface area contributed by atoms with Crippen molar-refractivity contribution in [2.24, 2.45) is 0 Å². The van der Waals surface area contributed by atoms with Crippen molar-refractivity contribution in [1.29, 1.82) is 0 Å². The summed E-state index contributed by atoms with van der Waals surface area (Å²) in [6, 6.07) is 71.2. The Kier molecular flexibility index (Phi) is 10.1. The van der Waals surface area contributed by atoms with Gasteiger partial charge in [-0.05, 0) is 156 Å². The first kappa shape index (κ1) is 45.8. The number of anilines is 6. The van der Waals surface area contributed by atoms with Crippen LogP contribution in [-0.2, 0) is 0 Å². The first-order valence-electron chi connectivity index (χ1n) is 27.8. The third-order valence-corrected chi connectivity index (χ3v) is 17.3. The summed E-state index contributed by atoms with van der Waals surface area (Å²) in [5.74, 6) is 1.43. The molecule has 0 aliphatic carbocycles. The van der Waals surface area contributed by atoms with E-state index in [1.807, 2.05) is 0 Å². The maximum Gasteiger partial charge on any atom is 0.253 e. The standard InChI is InChI=1S/C72H59BN2O2/c1-40(2)44-26-30-50(31-27-44)74-62-38-48(54-20-14-24-58-56-22-12-18-52(42(5)6)69(56)76-71(54)58)34-60-61-35-49(55-21-15-25-59-57-23-13-19-53(43(7)8)70(57)77-72(55)59)39-63-67(61)73(66(60)62)68-64(74)36-47(46-16-10-9-11-17-46)37-65(68)75(63)51-32-28-45(29-33-51)41(3)4/h9-43H,1-8H3. The molecule has 0 atom stereocenters. The molecule has 10 aromatic carbocycles. The first-order chi connectivity index (χ1) is 37.5. The van der Waals surface area contributed by atoms with Gasteiger partial charge in [0.15, 0.2) is 0 Å². The van der Waals surface area contributed by atoms with E-state index in [1.54, 1.807) is 0 Å². The van der Waals surface area contributed by atoms with Crippen LogP contribution in [-0.4, -0.2) is 6.71 Å². The van der Waals surface area contributed by atoms with E-state index in [0.29, 0.717) is 23.7 Å². The Balaban J connectivity index is 1.09. The summed E-state index contributed by atoms with van der Waals surface area (Å²) in [6.07, 6.45) is 0. The second-order valence-corrected chi connectivity index (χ2v) is 23.1. The summed E-state index contributed by atoms with van der Waals surface area (Å²) in [4.78, 5) is 5.17. The smallest absolute Gasteiger partial charge is 0.253 e. The molecule has 0 fully saturated rings. The number of nitrogens with zero attached hydrogens (tertiary/aromatic N) is 2. The Morgan fingerprint density at radius 3 is 1.12 bits per heavy atom. The Labute approximate surface area is 451 Å². The highest BCUT2D eigenvalue weighted by atomic mass is 16.3. The summed E-state index contributed by atoms with van der Waals surface area (Å²) in [5, 5.41) is 4.59. The zero-order valence-corrected chi connectivity index (χ0v) is 45.0. The van der Waals surface area contributed by atoms with Crippen LogP contribution in [0.4, 0.5) is 34.1 Å². The highest BCUT2D eigenvalue weighted by molar-refractivity contribution is 7.03. The van der Waals surface area contributed by atoms with Crippen LogP contribution >= 0.6 is 0 Å². The molecule has 5 heteroatoms. The van der Waals surface area contributed by atoms with Crippen LogP contribution in [0, 0.1) is 0 Å². The number of benzene rings is 10. The Morgan fingerprint density at radius 2 is 0.701 bits per heavy atom. The van der Waals surface area contributed by atoms with Crippen LogP contribution in [0.1, 0.15) is 101 Å². The molecule has 77 heavy (non-hydrogen) atoms. The number of para-hydroxylation sites is 4. The topological polar surface area (TPSA) is 32.8 Å². The monoisotopic (exact) mass is 994 g/mol. The molecule has 2 aromatic heterocycles. The van der Waals surface area contributed by atoms with Gasteiger partial charge in [0.2, 0.25) is 0 Å². The molecule has 5 heterocycles. The first-order valence-corrected chi connectivity index (χ1v) is 27.8. The molecule has 0 radical (unpaired) electrons. The predicted octanol–water partition coefficient (Wildman–Crippen LogP) is 19.0. The second-order valence-electron chi connectivity index (χ2n) is 23.1. The fraction of sp³-hybridized carbons (Fsp3) is 0.167. The lowest BCUT2D eigenvalue weighted by Crippen LogP contribution is -2.59. The Morgan fingerprint density at radius 1 is 0.312 bits per heavy atom. The van der Waals surface area contributed by atoms with Gasteiger partial charge in [0.1, 0.15) is 22.3 Å². The number of fused-ring (bicyclic) bond motifs is 7. The maximum atomic E-state index is 7.14. The van der Waals surface area contributed by atoms with E-state index < -0.39 is 0 Å². The van der Waals surface area contributed by atoms with Crippen molar-refractivity contribution >= 4 is 101 Å². The Hall–Kier alpha value is -8.54. The molecule has 0 saturated carbocycles. The molecule has 0 unspecified atom stereocenters. The minimum Gasteiger partial charge on any atom is -0.455 e. The molecule has 0 amide bonds. The SMILES string of the molecule is CC(C)c1ccc(N2c3cc(-c4cccc5c4oc4c(C(C)C)cccc45)cc4c3B3c5c-4cc(-c4cccc6c4oc4c(C(C)C)cccc46)cc5N(c4ccc(C(C)C)cc4)c4cc(-c5ccccc5)cc2c43)cc1. The number of furan rings is 2. The van der Waals surface area contributed by atoms with Gasteiger partial charge in [0.05, 0.1) is 0 Å². The summed E-state index contributed by atoms with van der Waals surface area (Å²) >= 11 is 0. The molecule has 0 spiro atoms. The summed E-state index contributed by atoms with van der Waals surface area (Å²) < 4.78 is 14.3. The fourth-order valence-electron chi connectivity index (χ4n) is 13.4. The molecule has 4 nitrogen and oxygen atoms in total. The number of hydrogen-bond donors (Lipinski definition) is 0. The van der Waals surface area contributed by atoms with Gasteiger partial charge in [0.25, 0.3) is 6.71 Å². The minimum absolute atomic E-state index is 0.0218. The van der Waals surface area contributed by atoms with Gasteiger partial charge in [0, 0.05) is 66.8 Å². The normalized spacial score (nSPS) is 13.3. The van der Waals surface area contributed by atoms with E-state index in [2.05, 4.69) is 253 Å². The lowest BCUT2D eigenvalue weighted by molar-refractivity contribution is 0.657. The van der Waals surface area contributed by atoms with Crippen molar-refractivity contribution in [1.82, 2.24) is 0 Å². The van der Waals surface area contributed by atoms with Crippen molar-refractivity contribution in [2.45, 2.75) is 79.1 Å². The van der Waals surface area contributed by atoms with Gasteiger partial charge in [-0.1, -0.05) is 183 Å². The molecule has 12 aromatic rings. The third kappa shape index (κ3) is 6.72. The maximum absolute atomic E-state index is 7.14. The minimum atomic E-state index is -0.0218. The fourth-order valence-corrected chi connectivity index (χ4v) is 13.4. The van der Waals surface area contributed by atoms with Gasteiger partial charge >= 0.3 is 0 Å². The van der Waals surface area contributed by atoms with Gasteiger partial charge < -0.3 is 18.6 Å². The number of rotatable bonds is 9. The van der Waals surface area contributed by atoms with E-state index >= 15 is 0 Å². The lowest BCUT2D eigenvalue weighted by atomic mass is 9.35. The third-order valence-electron chi connectivity index (χ3n) is 17.3. The molecule has 3 aliphatic heterocycles. The quantitative estimate of drug-likeness (QED) is 0.135. The molecular formula is C72H59BN2O2. The van der Waals surface area contributed by atoms with E-state index in [-0.39, 0.29) is 6.71 Å². The van der Waals surface area contributed by atoms with Crippen LogP contribution in [0.25, 0.3) is 88.4 Å². The van der Waals surface area contributed by atoms with Crippen molar-refractivity contribution < 1.29 is 8.83 Å².